The van der Waals surface area contributed by atoms with Gasteiger partial charge in [-0.25, -0.2) is 0 Å². The van der Waals surface area contributed by atoms with Crippen molar-refractivity contribution in [1.82, 2.24) is 0 Å². The molecule has 0 amide bonds. The fourth-order valence-corrected chi connectivity index (χ4v) is 4.03. The van der Waals surface area contributed by atoms with E-state index in [1.165, 1.54) is 30.7 Å². The smallest absolute Gasteiger partial charge is 0.0996 e. The largest absolute Gasteiger partial charge is 0.217 e. The molecule has 1 aromatic rings. The molecule has 0 aliphatic carbocycles. The first kappa shape index (κ1) is 16.0. The van der Waals surface area contributed by atoms with E-state index in [0.717, 1.165) is 0 Å². The molecule has 0 radical (unpaired) electrons. The van der Waals surface area contributed by atoms with E-state index in [1.807, 2.05) is 23.1 Å². The molecular formula is C19H21S2+. The van der Waals surface area contributed by atoms with Crippen LogP contribution in [0.4, 0.5) is 0 Å². The zero-order chi connectivity index (χ0) is 15.2. The Morgan fingerprint density at radius 2 is 1.48 bits per heavy atom. The zero-order valence-electron chi connectivity index (χ0n) is 13.0. The Kier molecular flexibility index (Phi) is 5.77. The predicted molar refractivity (Wildman–Crippen MR) is 99.6 cm³/mol. The third kappa shape index (κ3) is 5.49. The molecule has 1 aromatic heterocycles. The number of thioether (sulfide) groups is 1. The zero-order valence-corrected chi connectivity index (χ0v) is 14.6. The summed E-state index contributed by atoms with van der Waals surface area (Å²) in [5.74, 6) is 0. The van der Waals surface area contributed by atoms with Crippen molar-refractivity contribution in [2.75, 3.05) is 0 Å². The van der Waals surface area contributed by atoms with Gasteiger partial charge in [0.1, 0.15) is 0 Å². The Balaban J connectivity index is 2.02. The summed E-state index contributed by atoms with van der Waals surface area (Å²) in [6.07, 6.45) is 15.0. The van der Waals surface area contributed by atoms with Crippen molar-refractivity contribution in [2.24, 2.45) is 0 Å². The molecule has 0 saturated carbocycles. The van der Waals surface area contributed by atoms with E-state index in [4.69, 9.17) is 0 Å². The summed E-state index contributed by atoms with van der Waals surface area (Å²) in [6.45, 7) is 8.61. The van der Waals surface area contributed by atoms with Crippen LogP contribution in [-0.4, -0.2) is 0 Å². The Hall–Kier alpha value is -1.38. The maximum atomic E-state index is 2.22. The SMILES string of the molecule is CC1=CC(=C/C=C/C=C/c2cc(C)[s+]c(C)c2)C=C(C)S1. The van der Waals surface area contributed by atoms with E-state index in [1.54, 1.807) is 0 Å². The average Bonchev–Trinajstić information content (AvgIpc) is 2.36. The number of aryl methyl sites for hydroxylation is 2. The van der Waals surface area contributed by atoms with Crippen LogP contribution >= 0.6 is 23.1 Å². The molecule has 108 valence electrons. The van der Waals surface area contributed by atoms with Crippen LogP contribution in [0.15, 0.2) is 64.0 Å². The lowest BCUT2D eigenvalue weighted by atomic mass is 10.2. The van der Waals surface area contributed by atoms with Gasteiger partial charge in [0.15, 0.2) is 0 Å². The van der Waals surface area contributed by atoms with Gasteiger partial charge >= 0.3 is 0 Å². The molecule has 2 heterocycles. The summed E-state index contributed by atoms with van der Waals surface area (Å²) in [6, 6.07) is 4.44. The lowest BCUT2D eigenvalue weighted by molar-refractivity contribution is 1.52. The first-order valence-corrected chi connectivity index (χ1v) is 8.67. The lowest BCUT2D eigenvalue weighted by Gasteiger charge is -2.08. The first-order chi connectivity index (χ1) is 10.0. The van der Waals surface area contributed by atoms with Crippen molar-refractivity contribution in [3.8, 4) is 0 Å². The topological polar surface area (TPSA) is 0 Å². The molecule has 0 fully saturated rings. The van der Waals surface area contributed by atoms with Crippen LogP contribution in [0.5, 0.6) is 0 Å². The predicted octanol–water partition coefficient (Wildman–Crippen LogP) is 6.70. The number of hydrogen-bond acceptors (Lipinski definition) is 1. The van der Waals surface area contributed by atoms with Gasteiger partial charge in [-0.3, -0.25) is 0 Å². The van der Waals surface area contributed by atoms with E-state index in [9.17, 15) is 0 Å². The molecule has 0 bridgehead atoms. The first-order valence-electron chi connectivity index (χ1n) is 7.04. The molecule has 1 aliphatic rings. The van der Waals surface area contributed by atoms with Gasteiger partial charge in [0.2, 0.25) is 21.1 Å². The van der Waals surface area contributed by atoms with Gasteiger partial charge in [0.05, 0.1) is 0 Å². The second kappa shape index (κ2) is 7.58. The Bertz CT molecular complexity index is 631. The second-order valence-electron chi connectivity index (χ2n) is 5.13. The lowest BCUT2D eigenvalue weighted by Crippen LogP contribution is -1.83. The molecule has 0 N–H and O–H groups in total. The summed E-state index contributed by atoms with van der Waals surface area (Å²) < 4.78 is 0. The van der Waals surface area contributed by atoms with Gasteiger partial charge in [-0.1, -0.05) is 42.1 Å². The Labute approximate surface area is 136 Å². The van der Waals surface area contributed by atoms with Crippen LogP contribution in [-0.2, 0) is 0 Å². The van der Waals surface area contributed by atoms with Crippen molar-refractivity contribution in [1.29, 1.82) is 0 Å². The van der Waals surface area contributed by atoms with Gasteiger partial charge < -0.3 is 0 Å². The summed E-state index contributed by atoms with van der Waals surface area (Å²) in [5, 5.41) is 0. The van der Waals surface area contributed by atoms with Crippen LogP contribution in [0.25, 0.3) is 6.08 Å². The summed E-state index contributed by atoms with van der Waals surface area (Å²) in [4.78, 5) is 5.40. The maximum Gasteiger partial charge on any atom is 0.217 e. The summed E-state index contributed by atoms with van der Waals surface area (Å²) in [5.41, 5.74) is 2.53. The third-order valence-electron chi connectivity index (χ3n) is 2.92. The van der Waals surface area contributed by atoms with E-state index in [0.29, 0.717) is 0 Å². The van der Waals surface area contributed by atoms with Crippen LogP contribution in [0.2, 0.25) is 0 Å². The fraction of sp³-hybridized carbons (Fsp3) is 0.211. The highest BCUT2D eigenvalue weighted by molar-refractivity contribution is 8.06. The van der Waals surface area contributed by atoms with Crippen LogP contribution in [0.1, 0.15) is 29.2 Å². The highest BCUT2D eigenvalue weighted by Gasteiger charge is 2.04. The molecule has 0 spiro atoms. The van der Waals surface area contributed by atoms with Gasteiger partial charge in [-0.05, 0) is 46.9 Å². The molecule has 2 rings (SSSR count). The Morgan fingerprint density at radius 3 is 2.10 bits per heavy atom. The quantitative estimate of drug-likeness (QED) is 0.442. The highest BCUT2D eigenvalue weighted by Crippen LogP contribution is 2.31. The molecule has 0 unspecified atom stereocenters. The molecule has 0 aromatic carbocycles. The van der Waals surface area contributed by atoms with Crippen molar-refractivity contribution in [3.05, 3.63) is 79.3 Å². The van der Waals surface area contributed by atoms with E-state index >= 15 is 0 Å². The minimum Gasteiger partial charge on any atom is -0.0996 e. The van der Waals surface area contributed by atoms with Crippen molar-refractivity contribution < 1.29 is 0 Å². The average molecular weight is 314 g/mol. The number of hydrogen-bond donors (Lipinski definition) is 0. The normalized spacial score (nSPS) is 15.5. The maximum absolute atomic E-state index is 2.22. The third-order valence-corrected chi connectivity index (χ3v) is 4.68. The molecule has 0 atom stereocenters. The minimum atomic E-state index is 1.27. The van der Waals surface area contributed by atoms with E-state index < -0.39 is 0 Å². The molecule has 1 aliphatic heterocycles. The Morgan fingerprint density at radius 1 is 0.857 bits per heavy atom. The molecule has 21 heavy (non-hydrogen) atoms. The molecule has 0 nitrogen and oxygen atoms in total. The van der Waals surface area contributed by atoms with Crippen molar-refractivity contribution in [2.45, 2.75) is 27.7 Å². The fourth-order valence-electron chi connectivity index (χ4n) is 2.24. The summed E-state index contributed by atoms with van der Waals surface area (Å²) >= 11 is 3.67. The molecule has 2 heteroatoms. The van der Waals surface area contributed by atoms with Crippen LogP contribution in [0.3, 0.4) is 0 Å². The number of allylic oxidation sites excluding steroid dienone is 9. The van der Waals surface area contributed by atoms with Crippen molar-refractivity contribution in [3.63, 3.8) is 0 Å². The van der Waals surface area contributed by atoms with E-state index in [-0.39, 0.29) is 0 Å². The van der Waals surface area contributed by atoms with Crippen LogP contribution < -0.4 is 0 Å². The molecule has 0 saturated heterocycles. The van der Waals surface area contributed by atoms with Crippen LogP contribution in [0, 0.1) is 13.8 Å². The highest BCUT2D eigenvalue weighted by atomic mass is 32.2. The summed E-state index contributed by atoms with van der Waals surface area (Å²) in [7, 11) is 0. The van der Waals surface area contributed by atoms with Gasteiger partial charge in [-0.15, -0.1) is 0 Å². The second-order valence-corrected chi connectivity index (χ2v) is 8.12. The van der Waals surface area contributed by atoms with E-state index in [2.05, 4.69) is 82.4 Å². The van der Waals surface area contributed by atoms with Gasteiger partial charge in [-0.2, -0.15) is 0 Å². The standard InChI is InChI=1S/C19H21S2/c1-14-10-18(11-15(2)20-14)8-6-5-7-9-19-12-16(3)21-17(4)13-19/h5-13H,1-4H3/q+1. The van der Waals surface area contributed by atoms with Crippen molar-refractivity contribution >= 4 is 29.2 Å². The van der Waals surface area contributed by atoms with Gasteiger partial charge in [0, 0.05) is 26.0 Å². The minimum absolute atomic E-state index is 1.27. The van der Waals surface area contributed by atoms with Gasteiger partial charge in [0.25, 0.3) is 0 Å². The molecular weight excluding hydrogens is 292 g/mol. The monoisotopic (exact) mass is 313 g/mol. The number of rotatable bonds is 3.